The van der Waals surface area contributed by atoms with Gasteiger partial charge in [-0.15, -0.1) is 23.8 Å². The maximum absolute atomic E-state index is 14.2. The Hall–Kier alpha value is -3.48. The van der Waals surface area contributed by atoms with E-state index in [2.05, 4.69) is 115 Å². The summed E-state index contributed by atoms with van der Waals surface area (Å²) in [5.41, 5.74) is 10.3. The van der Waals surface area contributed by atoms with Crippen molar-refractivity contribution >= 4 is 49.2 Å². The number of hydrogen-bond acceptors (Lipinski definition) is 3. The molecule has 0 aliphatic heterocycles. The van der Waals surface area contributed by atoms with Crippen LogP contribution in [-0.2, 0) is 20.1 Å². The summed E-state index contributed by atoms with van der Waals surface area (Å²) in [6, 6.07) is 36.7. The van der Waals surface area contributed by atoms with Crippen molar-refractivity contribution in [2.45, 2.75) is 51.1 Å². The van der Waals surface area contributed by atoms with Gasteiger partial charge in [0.2, 0.25) is 0 Å². The standard InChI is InChI=1S/C27H21FNS.C15H18GeN.Ir/c1-16-14-23-21-10-7-11-22(24-15-20(18(3)28)12-13-29-24)27(21)30-26(23)17(2)25(16)19-8-5-4-6-9-19;1-12-10-15(13-8-6-5-7-9-13)17-11-14(12)16(2,3)4;/h4-10,12-15,18H,1-3H3;5-8,10-11H,1-4H3;/q2*-1;/i18D;;. The van der Waals surface area contributed by atoms with Crippen molar-refractivity contribution in [1.29, 1.82) is 0 Å². The van der Waals surface area contributed by atoms with E-state index in [0.717, 1.165) is 26.9 Å². The topological polar surface area (TPSA) is 25.8 Å². The van der Waals surface area contributed by atoms with Gasteiger partial charge in [0.15, 0.2) is 0 Å². The molecule has 4 aromatic carbocycles. The van der Waals surface area contributed by atoms with Gasteiger partial charge in [-0.1, -0.05) is 47.9 Å². The van der Waals surface area contributed by atoms with Crippen LogP contribution >= 0.6 is 11.3 Å². The van der Waals surface area contributed by atoms with Gasteiger partial charge in [-0.25, -0.2) is 4.39 Å². The number of fused-ring (bicyclic) bond motifs is 3. The van der Waals surface area contributed by atoms with Gasteiger partial charge in [-0.05, 0) is 70.4 Å². The molecule has 0 amide bonds. The Bertz CT molecular complexity index is 2240. The maximum atomic E-state index is 14.2. The van der Waals surface area contributed by atoms with Gasteiger partial charge in [0.05, 0.1) is 1.37 Å². The molecule has 0 spiro atoms. The third-order valence-corrected chi connectivity index (χ3v) is 14.4. The zero-order valence-corrected chi connectivity index (χ0v) is 33.6. The van der Waals surface area contributed by atoms with E-state index in [0.29, 0.717) is 11.3 Å². The fourth-order valence-corrected chi connectivity index (χ4v) is 11.1. The van der Waals surface area contributed by atoms with Crippen LogP contribution in [0.2, 0.25) is 17.3 Å². The molecule has 0 aliphatic rings. The number of aromatic nitrogens is 2. The number of rotatable bonds is 5. The number of nitrogens with zero attached hydrogens (tertiary/aromatic N) is 2. The minimum Gasteiger partial charge on any atom is -0.305 e. The Morgan fingerprint density at radius 1 is 0.792 bits per heavy atom. The van der Waals surface area contributed by atoms with Crippen molar-refractivity contribution in [3.8, 4) is 33.6 Å². The van der Waals surface area contributed by atoms with Crippen molar-refractivity contribution < 1.29 is 25.9 Å². The SMILES string of the molecule is Cc1cc(-c2[c-]cccc2)nc[c]1[Ge]([CH3])([CH3])[CH3].[2H]C(C)(F)c1ccnc(-c2[c-]ccc3c2sc2c(C)c(-c4ccccc4)c(C)cc23)c1.[Ir]. The molecular weight excluding hydrogens is 848 g/mol. The first-order chi connectivity index (χ1) is 22.8. The van der Waals surface area contributed by atoms with Gasteiger partial charge in [-0.3, -0.25) is 0 Å². The molecule has 7 aromatic rings. The molecule has 0 saturated heterocycles. The third kappa shape index (κ3) is 7.40. The van der Waals surface area contributed by atoms with E-state index in [4.69, 9.17) is 1.37 Å². The minimum atomic E-state index is -2.16. The monoisotopic (exact) mass is 890 g/mol. The second-order valence-electron chi connectivity index (χ2n) is 13.0. The van der Waals surface area contributed by atoms with E-state index in [1.807, 2.05) is 30.3 Å². The molecule has 245 valence electrons. The summed E-state index contributed by atoms with van der Waals surface area (Å²) in [5.74, 6) is 7.20. The average molecular weight is 889 g/mol. The zero-order valence-electron chi connectivity index (χ0n) is 29.3. The van der Waals surface area contributed by atoms with Crippen LogP contribution < -0.4 is 4.40 Å². The van der Waals surface area contributed by atoms with Crippen LogP contribution in [0.4, 0.5) is 4.39 Å². The Kier molecular flexibility index (Phi) is 10.7. The van der Waals surface area contributed by atoms with Crippen molar-refractivity contribution in [3.63, 3.8) is 0 Å². The predicted molar refractivity (Wildman–Crippen MR) is 202 cm³/mol. The number of alkyl halides is 1. The van der Waals surface area contributed by atoms with Crippen molar-refractivity contribution in [1.82, 2.24) is 9.97 Å². The van der Waals surface area contributed by atoms with E-state index in [-0.39, 0.29) is 20.1 Å². The summed E-state index contributed by atoms with van der Waals surface area (Å²) in [4.78, 5) is 9.07. The van der Waals surface area contributed by atoms with E-state index >= 15 is 0 Å². The molecule has 0 bridgehead atoms. The number of thiophene rings is 1. The molecule has 0 saturated carbocycles. The third-order valence-electron chi connectivity index (χ3n) is 8.54. The molecule has 0 aliphatic carbocycles. The summed E-state index contributed by atoms with van der Waals surface area (Å²) in [5, 5.41) is 2.37. The summed E-state index contributed by atoms with van der Waals surface area (Å²) in [7, 11) is 0. The quantitative estimate of drug-likeness (QED) is 0.127. The summed E-state index contributed by atoms with van der Waals surface area (Å²) < 4.78 is 25.8. The Labute approximate surface area is 305 Å². The number of aryl methyl sites for hydroxylation is 3. The molecule has 48 heavy (non-hydrogen) atoms. The fraction of sp³-hybridized carbons (Fsp3) is 0.190. The minimum absolute atomic E-state index is 0. The average Bonchev–Trinajstić information content (AvgIpc) is 3.44. The summed E-state index contributed by atoms with van der Waals surface area (Å²) >= 11 is -0.0438. The molecule has 3 heterocycles. The molecule has 0 N–H and O–H groups in total. The Morgan fingerprint density at radius 3 is 2.21 bits per heavy atom. The van der Waals surface area contributed by atoms with E-state index < -0.39 is 19.4 Å². The van der Waals surface area contributed by atoms with Gasteiger partial charge in [0.25, 0.3) is 0 Å². The van der Waals surface area contributed by atoms with E-state index in [1.165, 1.54) is 49.2 Å². The van der Waals surface area contributed by atoms with Crippen molar-refractivity contribution in [3.05, 3.63) is 138 Å². The number of pyridine rings is 2. The number of benzene rings is 4. The molecule has 2 nitrogen and oxygen atoms in total. The Balaban J connectivity index is 0.000000221. The first-order valence-corrected chi connectivity index (χ1v) is 24.0. The zero-order chi connectivity index (χ0) is 34.2. The van der Waals surface area contributed by atoms with Gasteiger partial charge < -0.3 is 4.98 Å². The van der Waals surface area contributed by atoms with Gasteiger partial charge in [-0.2, -0.15) is 11.3 Å². The van der Waals surface area contributed by atoms with E-state index in [1.54, 1.807) is 29.7 Å². The van der Waals surface area contributed by atoms with E-state index in [9.17, 15) is 4.39 Å². The fourth-order valence-electron chi connectivity index (χ4n) is 6.26. The molecule has 0 fully saturated rings. The van der Waals surface area contributed by atoms with Crippen LogP contribution in [0, 0.1) is 32.9 Å². The summed E-state index contributed by atoms with van der Waals surface area (Å²) in [6.45, 7) is 7.78. The van der Waals surface area contributed by atoms with Gasteiger partial charge >= 0.3 is 106 Å². The smallest absolute Gasteiger partial charge is 0.122 e. The molecule has 1 unspecified atom stereocenters. The van der Waals surface area contributed by atoms with Crippen molar-refractivity contribution in [2.24, 2.45) is 0 Å². The first kappa shape index (κ1) is 34.4. The molecular formula is C42H39FGeIrN2S-2. The normalized spacial score (nSPS) is 12.9. The van der Waals surface area contributed by atoms with Crippen LogP contribution in [0.1, 0.15) is 36.7 Å². The number of halogens is 1. The van der Waals surface area contributed by atoms with Crippen LogP contribution in [0.5, 0.6) is 0 Å². The predicted octanol–water partition coefficient (Wildman–Crippen LogP) is 11.6. The molecule has 1 atom stereocenters. The van der Waals surface area contributed by atoms with Crippen LogP contribution in [0.15, 0.2) is 103 Å². The molecule has 1 radical (unpaired) electrons. The van der Waals surface area contributed by atoms with Crippen LogP contribution in [0.3, 0.4) is 0 Å². The van der Waals surface area contributed by atoms with Crippen LogP contribution in [-0.4, -0.2) is 23.2 Å². The second-order valence-corrected chi connectivity index (χ2v) is 24.6. The molecule has 3 aromatic heterocycles. The molecule has 7 rings (SSSR count). The Morgan fingerprint density at radius 2 is 1.54 bits per heavy atom. The van der Waals surface area contributed by atoms with Crippen LogP contribution in [0.25, 0.3) is 53.8 Å². The molecule has 6 heteroatoms. The van der Waals surface area contributed by atoms with Crippen molar-refractivity contribution in [2.75, 3.05) is 0 Å². The largest absolute Gasteiger partial charge is 0.305 e. The summed E-state index contributed by atoms with van der Waals surface area (Å²) in [6.07, 6.45) is 1.48. The second kappa shape index (κ2) is 15.0. The maximum Gasteiger partial charge on any atom is 0.122 e. The first-order valence-electron chi connectivity index (χ1n) is 16.4. The van der Waals surface area contributed by atoms with Gasteiger partial charge in [0.1, 0.15) is 6.15 Å². The van der Waals surface area contributed by atoms with Gasteiger partial charge in [0, 0.05) is 31.0 Å². The number of hydrogen-bond donors (Lipinski definition) is 0.